The van der Waals surface area contributed by atoms with E-state index in [1.165, 1.54) is 11.3 Å². The van der Waals surface area contributed by atoms with Crippen LogP contribution in [0, 0.1) is 5.92 Å². The predicted octanol–water partition coefficient (Wildman–Crippen LogP) is 1.95. The highest BCUT2D eigenvalue weighted by Gasteiger charge is 2.23. The molecule has 0 aliphatic carbocycles. The van der Waals surface area contributed by atoms with E-state index in [1.54, 1.807) is 4.68 Å². The first-order valence-corrected chi connectivity index (χ1v) is 7.55. The Kier molecular flexibility index (Phi) is 3.92. The molecule has 0 saturated heterocycles. The molecule has 1 aliphatic heterocycles. The molecule has 0 spiro atoms. The second-order valence-electron chi connectivity index (χ2n) is 6.12. The van der Waals surface area contributed by atoms with Crippen molar-refractivity contribution >= 4 is 5.69 Å². The molecule has 1 aromatic carbocycles. The average molecular weight is 285 g/mol. The minimum Gasteiger partial charge on any atom is -0.364 e. The summed E-state index contributed by atoms with van der Waals surface area (Å²) in [5.41, 5.74) is 3.67. The Morgan fingerprint density at radius 1 is 1.33 bits per heavy atom. The van der Waals surface area contributed by atoms with Crippen molar-refractivity contribution in [3.63, 3.8) is 0 Å². The monoisotopic (exact) mass is 285 g/mol. The molecular formula is C16H23N5. The quantitative estimate of drug-likeness (QED) is 0.936. The van der Waals surface area contributed by atoms with Gasteiger partial charge in [0.2, 0.25) is 0 Å². The fraction of sp³-hybridized carbons (Fsp3) is 0.500. The van der Waals surface area contributed by atoms with Crippen LogP contribution < -0.4 is 10.2 Å². The smallest absolute Gasteiger partial charge is 0.102 e. The standard InChI is InChI=1S/C16H23N5/c1-12(2)15-11-21(10-14-9-20(3)19-18-14)16-7-5-4-6-13(16)8-17-15/h4-7,9,12,15,17H,8,10-11H2,1-3H3. The Morgan fingerprint density at radius 3 is 2.86 bits per heavy atom. The van der Waals surface area contributed by atoms with Gasteiger partial charge in [-0.25, -0.2) is 0 Å². The van der Waals surface area contributed by atoms with Gasteiger partial charge in [0.15, 0.2) is 0 Å². The lowest BCUT2D eigenvalue weighted by Gasteiger charge is -2.28. The first-order chi connectivity index (χ1) is 10.1. The molecule has 21 heavy (non-hydrogen) atoms. The maximum atomic E-state index is 4.23. The fourth-order valence-corrected chi connectivity index (χ4v) is 2.87. The lowest BCUT2D eigenvalue weighted by Crippen LogP contribution is -2.41. The van der Waals surface area contributed by atoms with Crippen molar-refractivity contribution in [2.24, 2.45) is 13.0 Å². The van der Waals surface area contributed by atoms with Crippen LogP contribution in [0.1, 0.15) is 25.1 Å². The van der Waals surface area contributed by atoms with Gasteiger partial charge in [-0.1, -0.05) is 37.3 Å². The summed E-state index contributed by atoms with van der Waals surface area (Å²) in [5, 5.41) is 11.9. The van der Waals surface area contributed by atoms with Gasteiger partial charge in [0, 0.05) is 38.1 Å². The van der Waals surface area contributed by atoms with Gasteiger partial charge in [0.1, 0.15) is 5.69 Å². The maximum Gasteiger partial charge on any atom is 0.102 e. The van der Waals surface area contributed by atoms with E-state index in [4.69, 9.17) is 0 Å². The summed E-state index contributed by atoms with van der Waals surface area (Å²) < 4.78 is 1.76. The Balaban J connectivity index is 1.89. The number of anilines is 1. The Hall–Kier alpha value is -1.88. The third-order valence-corrected chi connectivity index (χ3v) is 4.11. The summed E-state index contributed by atoms with van der Waals surface area (Å²) in [6, 6.07) is 9.11. The lowest BCUT2D eigenvalue weighted by molar-refractivity contribution is 0.403. The van der Waals surface area contributed by atoms with E-state index in [0.717, 1.165) is 25.3 Å². The molecule has 5 heteroatoms. The minimum absolute atomic E-state index is 0.481. The van der Waals surface area contributed by atoms with Crippen LogP contribution in [-0.2, 0) is 20.1 Å². The fourth-order valence-electron chi connectivity index (χ4n) is 2.87. The molecule has 1 atom stereocenters. The summed E-state index contributed by atoms with van der Waals surface area (Å²) in [5.74, 6) is 0.601. The van der Waals surface area contributed by atoms with Crippen LogP contribution in [0.25, 0.3) is 0 Å². The maximum absolute atomic E-state index is 4.23. The van der Waals surface area contributed by atoms with Gasteiger partial charge in [-0.3, -0.25) is 4.68 Å². The van der Waals surface area contributed by atoms with Gasteiger partial charge in [-0.15, -0.1) is 5.10 Å². The van der Waals surface area contributed by atoms with Gasteiger partial charge in [-0.2, -0.15) is 0 Å². The number of aryl methyl sites for hydroxylation is 1. The second-order valence-corrected chi connectivity index (χ2v) is 6.12. The minimum atomic E-state index is 0.481. The molecule has 3 rings (SSSR count). The summed E-state index contributed by atoms with van der Waals surface area (Å²) in [7, 11) is 1.91. The van der Waals surface area contributed by atoms with E-state index in [2.05, 4.69) is 58.6 Å². The van der Waals surface area contributed by atoms with Gasteiger partial charge < -0.3 is 10.2 Å². The highest BCUT2D eigenvalue weighted by molar-refractivity contribution is 5.54. The zero-order valence-corrected chi connectivity index (χ0v) is 13.0. The number of benzene rings is 1. The van der Waals surface area contributed by atoms with E-state index in [9.17, 15) is 0 Å². The zero-order chi connectivity index (χ0) is 14.8. The van der Waals surface area contributed by atoms with Crippen LogP contribution in [0.5, 0.6) is 0 Å². The first-order valence-electron chi connectivity index (χ1n) is 7.55. The van der Waals surface area contributed by atoms with E-state index in [1.807, 2.05) is 13.2 Å². The van der Waals surface area contributed by atoms with Crippen molar-refractivity contribution in [2.45, 2.75) is 33.0 Å². The SMILES string of the molecule is CC(C)C1CN(Cc2cn(C)nn2)c2ccccc2CN1. The summed E-state index contributed by atoms with van der Waals surface area (Å²) in [6.45, 7) is 7.26. The normalized spacial score (nSPS) is 18.7. The number of hydrogen-bond acceptors (Lipinski definition) is 4. The largest absolute Gasteiger partial charge is 0.364 e. The van der Waals surface area contributed by atoms with Crippen molar-refractivity contribution in [3.05, 3.63) is 41.7 Å². The first kappa shape index (κ1) is 14.1. The van der Waals surface area contributed by atoms with Crippen molar-refractivity contribution in [1.82, 2.24) is 20.3 Å². The third-order valence-electron chi connectivity index (χ3n) is 4.11. The topological polar surface area (TPSA) is 46.0 Å². The van der Waals surface area contributed by atoms with Gasteiger partial charge >= 0.3 is 0 Å². The number of fused-ring (bicyclic) bond motifs is 1. The molecule has 2 aromatic rings. The second kappa shape index (κ2) is 5.85. The molecule has 1 aromatic heterocycles. The highest BCUT2D eigenvalue weighted by Crippen LogP contribution is 2.26. The van der Waals surface area contributed by atoms with Crippen molar-refractivity contribution < 1.29 is 0 Å². The molecule has 1 unspecified atom stereocenters. The summed E-state index contributed by atoms with van der Waals surface area (Å²) in [4.78, 5) is 2.42. The molecule has 0 bridgehead atoms. The number of nitrogens with zero attached hydrogens (tertiary/aromatic N) is 4. The molecule has 0 fully saturated rings. The van der Waals surface area contributed by atoms with Crippen LogP contribution >= 0.6 is 0 Å². The number of aromatic nitrogens is 3. The Labute approximate surface area is 126 Å². The molecule has 112 valence electrons. The van der Waals surface area contributed by atoms with E-state index < -0.39 is 0 Å². The van der Waals surface area contributed by atoms with Gasteiger partial charge in [0.25, 0.3) is 0 Å². The van der Waals surface area contributed by atoms with Crippen LogP contribution in [0.2, 0.25) is 0 Å². The summed E-state index contributed by atoms with van der Waals surface area (Å²) >= 11 is 0. The van der Waals surface area contributed by atoms with Crippen molar-refractivity contribution in [3.8, 4) is 0 Å². The zero-order valence-electron chi connectivity index (χ0n) is 13.0. The van der Waals surface area contributed by atoms with E-state index in [0.29, 0.717) is 12.0 Å². The summed E-state index contributed by atoms with van der Waals surface area (Å²) in [6.07, 6.45) is 1.99. The molecular weight excluding hydrogens is 262 g/mol. The third kappa shape index (κ3) is 3.08. The lowest BCUT2D eigenvalue weighted by atomic mass is 10.0. The molecule has 1 aliphatic rings. The van der Waals surface area contributed by atoms with E-state index in [-0.39, 0.29) is 0 Å². The van der Waals surface area contributed by atoms with Crippen molar-refractivity contribution in [1.29, 1.82) is 0 Å². The number of hydrogen-bond donors (Lipinski definition) is 1. The molecule has 5 nitrogen and oxygen atoms in total. The number of para-hydroxylation sites is 1. The van der Waals surface area contributed by atoms with E-state index >= 15 is 0 Å². The Bertz CT molecular complexity index is 604. The molecule has 2 heterocycles. The molecule has 0 radical (unpaired) electrons. The van der Waals surface area contributed by atoms with Gasteiger partial charge in [0.05, 0.1) is 6.54 Å². The van der Waals surface area contributed by atoms with Crippen LogP contribution in [0.4, 0.5) is 5.69 Å². The van der Waals surface area contributed by atoms with Crippen LogP contribution in [0.3, 0.4) is 0 Å². The number of nitrogens with one attached hydrogen (secondary N) is 1. The molecule has 0 saturated carbocycles. The number of rotatable bonds is 3. The predicted molar refractivity (Wildman–Crippen MR) is 84.0 cm³/mol. The Morgan fingerprint density at radius 2 is 2.14 bits per heavy atom. The van der Waals surface area contributed by atoms with Gasteiger partial charge in [-0.05, 0) is 17.5 Å². The highest BCUT2D eigenvalue weighted by atomic mass is 15.4. The molecule has 0 amide bonds. The van der Waals surface area contributed by atoms with Crippen LogP contribution in [-0.4, -0.2) is 27.6 Å². The van der Waals surface area contributed by atoms with Crippen LogP contribution in [0.15, 0.2) is 30.5 Å². The van der Waals surface area contributed by atoms with Crippen molar-refractivity contribution in [2.75, 3.05) is 11.4 Å². The molecule has 1 N–H and O–H groups in total. The average Bonchev–Trinajstić information content (AvgIpc) is 2.78.